The zero-order valence-corrected chi connectivity index (χ0v) is 13.6. The van der Waals surface area contributed by atoms with Crippen LogP contribution in [0.5, 0.6) is 5.88 Å². The van der Waals surface area contributed by atoms with Gasteiger partial charge in [0.25, 0.3) is 0 Å². The smallest absolute Gasteiger partial charge is 0.241 e. The molecule has 2 aromatic carbocycles. The van der Waals surface area contributed by atoms with Gasteiger partial charge in [0, 0.05) is 12.5 Å². The predicted octanol–water partition coefficient (Wildman–Crippen LogP) is 3.44. The van der Waals surface area contributed by atoms with Crippen molar-refractivity contribution in [2.24, 2.45) is 5.92 Å². The van der Waals surface area contributed by atoms with E-state index in [-0.39, 0.29) is 12.4 Å². The summed E-state index contributed by atoms with van der Waals surface area (Å²) in [7, 11) is 0. The fourth-order valence-corrected chi connectivity index (χ4v) is 2.96. The van der Waals surface area contributed by atoms with E-state index in [1.54, 1.807) is 0 Å². The second-order valence-electron chi connectivity index (χ2n) is 5.74. The van der Waals surface area contributed by atoms with Crippen molar-refractivity contribution in [3.8, 4) is 11.6 Å². The molecule has 1 N–H and O–H groups in total. The molecular weight excluding hydrogens is 310 g/mol. The molecule has 3 aromatic rings. The van der Waals surface area contributed by atoms with E-state index in [4.69, 9.17) is 9.84 Å². The molecule has 4 rings (SSSR count). The molecule has 1 atom stereocenters. The van der Waals surface area contributed by atoms with Gasteiger partial charge >= 0.3 is 0 Å². The van der Waals surface area contributed by atoms with Gasteiger partial charge in [-0.05, 0) is 37.2 Å². The Hall–Kier alpha value is -2.04. The summed E-state index contributed by atoms with van der Waals surface area (Å²) in [6.45, 7) is 2.85. The first-order valence-electron chi connectivity index (χ1n) is 7.78. The molecule has 1 aliphatic rings. The average Bonchev–Trinajstić information content (AvgIpc) is 3.22. The lowest BCUT2D eigenvalue weighted by Crippen LogP contribution is -2.15. The van der Waals surface area contributed by atoms with Crippen LogP contribution < -0.4 is 10.1 Å². The molecule has 0 aliphatic carbocycles. The minimum absolute atomic E-state index is 0. The van der Waals surface area contributed by atoms with E-state index in [1.165, 1.54) is 6.42 Å². The summed E-state index contributed by atoms with van der Waals surface area (Å²) in [5.41, 5.74) is 2.13. The van der Waals surface area contributed by atoms with Gasteiger partial charge in [-0.2, -0.15) is 0 Å². The van der Waals surface area contributed by atoms with Crippen LogP contribution in [-0.2, 0) is 0 Å². The molecule has 1 aliphatic heterocycles. The van der Waals surface area contributed by atoms with Crippen molar-refractivity contribution in [2.75, 3.05) is 19.7 Å². The maximum Gasteiger partial charge on any atom is 0.241 e. The van der Waals surface area contributed by atoms with Crippen molar-refractivity contribution in [2.45, 2.75) is 6.42 Å². The molecule has 2 heterocycles. The quantitative estimate of drug-likeness (QED) is 0.797. The predicted molar refractivity (Wildman–Crippen MR) is 94.8 cm³/mol. The number of hydrogen-bond donors (Lipinski definition) is 1. The fraction of sp³-hybridized carbons (Fsp3) is 0.278. The topological polar surface area (TPSA) is 39.1 Å². The van der Waals surface area contributed by atoms with Crippen LogP contribution in [0.15, 0.2) is 54.6 Å². The highest BCUT2D eigenvalue weighted by Crippen LogP contribution is 2.27. The Morgan fingerprint density at radius 2 is 1.87 bits per heavy atom. The van der Waals surface area contributed by atoms with Crippen LogP contribution in [0.3, 0.4) is 0 Å². The first-order valence-corrected chi connectivity index (χ1v) is 7.78. The van der Waals surface area contributed by atoms with Crippen molar-refractivity contribution in [1.29, 1.82) is 0 Å². The third kappa shape index (κ3) is 3.19. The lowest BCUT2D eigenvalue weighted by molar-refractivity contribution is 0.252. The van der Waals surface area contributed by atoms with E-state index >= 15 is 0 Å². The van der Waals surface area contributed by atoms with E-state index in [0.29, 0.717) is 5.92 Å². The van der Waals surface area contributed by atoms with Gasteiger partial charge in [0.1, 0.15) is 0 Å². The largest absolute Gasteiger partial charge is 0.476 e. The number of ether oxygens (including phenoxy) is 1. The monoisotopic (exact) mass is 329 g/mol. The van der Waals surface area contributed by atoms with Gasteiger partial charge in [0.05, 0.1) is 23.2 Å². The van der Waals surface area contributed by atoms with Gasteiger partial charge in [-0.3, -0.25) is 0 Å². The van der Waals surface area contributed by atoms with Crippen molar-refractivity contribution < 1.29 is 4.74 Å². The van der Waals surface area contributed by atoms with Gasteiger partial charge in [-0.1, -0.05) is 30.3 Å². The second-order valence-corrected chi connectivity index (χ2v) is 5.74. The van der Waals surface area contributed by atoms with Crippen molar-refractivity contribution in [3.63, 3.8) is 0 Å². The molecule has 0 amide bonds. The number of aromatic nitrogens is 2. The summed E-state index contributed by atoms with van der Waals surface area (Å²) in [5.74, 6) is 1.31. The highest BCUT2D eigenvalue weighted by atomic mass is 35.5. The minimum Gasteiger partial charge on any atom is -0.476 e. The van der Waals surface area contributed by atoms with Crippen LogP contribution in [0.4, 0.5) is 0 Å². The third-order valence-corrected chi connectivity index (χ3v) is 4.17. The molecular formula is C18H20ClN3O. The molecule has 0 saturated carbocycles. The molecule has 120 valence electrons. The Balaban J connectivity index is 0.00000156. The minimum atomic E-state index is 0. The summed E-state index contributed by atoms with van der Waals surface area (Å²) < 4.78 is 7.99. The molecule has 0 radical (unpaired) electrons. The number of para-hydroxylation sites is 2. The second kappa shape index (κ2) is 7.02. The zero-order chi connectivity index (χ0) is 14.8. The molecule has 4 nitrogen and oxygen atoms in total. The third-order valence-electron chi connectivity index (χ3n) is 4.17. The van der Waals surface area contributed by atoms with Gasteiger partial charge < -0.3 is 10.1 Å². The maximum atomic E-state index is 6.03. The van der Waals surface area contributed by atoms with Gasteiger partial charge in [0.2, 0.25) is 5.88 Å². The fourth-order valence-electron chi connectivity index (χ4n) is 2.96. The summed E-state index contributed by atoms with van der Waals surface area (Å²) in [6.07, 6.45) is 1.18. The highest BCUT2D eigenvalue weighted by molar-refractivity contribution is 5.86. The molecule has 1 aromatic heterocycles. The van der Waals surface area contributed by atoms with Crippen LogP contribution in [0.1, 0.15) is 6.42 Å². The van der Waals surface area contributed by atoms with Crippen molar-refractivity contribution >= 4 is 23.3 Å². The van der Waals surface area contributed by atoms with E-state index < -0.39 is 0 Å². The Morgan fingerprint density at radius 1 is 1.09 bits per heavy atom. The van der Waals surface area contributed by atoms with E-state index in [1.807, 2.05) is 35.0 Å². The van der Waals surface area contributed by atoms with Gasteiger partial charge in [-0.15, -0.1) is 17.5 Å². The Labute approximate surface area is 141 Å². The molecule has 0 bridgehead atoms. The summed E-state index contributed by atoms with van der Waals surface area (Å²) in [6, 6.07) is 18.4. The zero-order valence-electron chi connectivity index (χ0n) is 12.8. The van der Waals surface area contributed by atoms with E-state index in [2.05, 4.69) is 29.6 Å². The van der Waals surface area contributed by atoms with Crippen LogP contribution >= 0.6 is 12.4 Å². The number of fused-ring (bicyclic) bond motifs is 1. The van der Waals surface area contributed by atoms with E-state index in [9.17, 15) is 0 Å². The number of halogens is 1. The number of nitrogens with one attached hydrogen (secondary N) is 1. The van der Waals surface area contributed by atoms with Crippen LogP contribution in [0.2, 0.25) is 0 Å². The summed E-state index contributed by atoms with van der Waals surface area (Å²) in [4.78, 5) is 0. The average molecular weight is 330 g/mol. The van der Waals surface area contributed by atoms with E-state index in [0.717, 1.165) is 42.2 Å². The Kier molecular flexibility index (Phi) is 4.84. The summed E-state index contributed by atoms with van der Waals surface area (Å²) in [5, 5.41) is 9.13. The normalized spacial score (nSPS) is 17.1. The molecule has 23 heavy (non-hydrogen) atoms. The van der Waals surface area contributed by atoms with Crippen LogP contribution in [0.25, 0.3) is 16.6 Å². The van der Waals surface area contributed by atoms with Gasteiger partial charge in [0.15, 0.2) is 0 Å². The molecule has 0 spiro atoms. The standard InChI is InChI=1S/C18H19N3O.ClH/c1-2-6-15(7-3-1)21-17-9-5-4-8-16(17)18(20-21)22-13-14-10-11-19-12-14;/h1-9,14,19H,10-13H2;1H/t14-;/m0./s1. The molecule has 1 fully saturated rings. The molecule has 1 saturated heterocycles. The number of rotatable bonds is 4. The first kappa shape index (κ1) is 15.8. The highest BCUT2D eigenvalue weighted by Gasteiger charge is 2.18. The van der Waals surface area contributed by atoms with Crippen LogP contribution in [-0.4, -0.2) is 29.5 Å². The number of nitrogens with zero attached hydrogens (tertiary/aromatic N) is 2. The first-order chi connectivity index (χ1) is 10.9. The Morgan fingerprint density at radius 3 is 2.65 bits per heavy atom. The maximum absolute atomic E-state index is 6.03. The summed E-state index contributed by atoms with van der Waals surface area (Å²) >= 11 is 0. The van der Waals surface area contributed by atoms with Crippen LogP contribution in [0, 0.1) is 5.92 Å². The number of hydrogen-bond acceptors (Lipinski definition) is 3. The molecule has 5 heteroatoms. The lowest BCUT2D eigenvalue weighted by Gasteiger charge is -2.08. The van der Waals surface area contributed by atoms with Crippen molar-refractivity contribution in [1.82, 2.24) is 15.1 Å². The SMILES string of the molecule is Cl.c1ccc(-n2nc(OC[C@H]3CCNC3)c3ccccc32)cc1. The van der Waals surface area contributed by atoms with Crippen molar-refractivity contribution in [3.05, 3.63) is 54.6 Å². The molecule has 0 unspecified atom stereocenters. The lowest BCUT2D eigenvalue weighted by atomic mass is 10.1. The van der Waals surface area contributed by atoms with Gasteiger partial charge in [-0.25, -0.2) is 4.68 Å². The number of benzene rings is 2. The Bertz CT molecular complexity index is 766.